The summed E-state index contributed by atoms with van der Waals surface area (Å²) in [7, 11) is 0. The van der Waals surface area contributed by atoms with Gasteiger partial charge in [-0.15, -0.1) is 0 Å². The summed E-state index contributed by atoms with van der Waals surface area (Å²) in [6.45, 7) is 1.80. The molecule has 12 heavy (non-hydrogen) atoms. The molecule has 2 amide bonds. The van der Waals surface area contributed by atoms with E-state index < -0.39 is 5.91 Å². The minimum absolute atomic E-state index is 0.0422. The standard InChI is InChI=1S/C7H13N3O2/c8-6(11)5-10-3-1-2-9-4-7(10)12/h9H,1-5H2,(H2,8,11). The van der Waals surface area contributed by atoms with E-state index in [2.05, 4.69) is 5.32 Å². The lowest BCUT2D eigenvalue weighted by molar-refractivity contribution is -0.133. The van der Waals surface area contributed by atoms with Gasteiger partial charge in [-0.3, -0.25) is 9.59 Å². The molecule has 0 aliphatic carbocycles. The molecule has 68 valence electrons. The first kappa shape index (κ1) is 8.99. The van der Waals surface area contributed by atoms with Gasteiger partial charge in [0.1, 0.15) is 0 Å². The van der Waals surface area contributed by atoms with E-state index in [1.165, 1.54) is 4.90 Å². The highest BCUT2D eigenvalue weighted by Crippen LogP contribution is 1.95. The van der Waals surface area contributed by atoms with Crippen LogP contribution in [0.3, 0.4) is 0 Å². The van der Waals surface area contributed by atoms with Gasteiger partial charge in [0.25, 0.3) is 0 Å². The van der Waals surface area contributed by atoms with Crippen molar-refractivity contribution in [2.45, 2.75) is 6.42 Å². The van der Waals surface area contributed by atoms with Crippen molar-refractivity contribution in [3.63, 3.8) is 0 Å². The summed E-state index contributed by atoms with van der Waals surface area (Å²) in [5, 5.41) is 2.96. The zero-order valence-electron chi connectivity index (χ0n) is 6.88. The van der Waals surface area contributed by atoms with Crippen molar-refractivity contribution in [3.8, 4) is 0 Å². The average molecular weight is 171 g/mol. The maximum absolute atomic E-state index is 11.2. The molecule has 0 unspecified atom stereocenters. The maximum atomic E-state index is 11.2. The Labute approximate surface area is 70.9 Å². The molecule has 0 aromatic rings. The molecule has 0 aromatic carbocycles. The minimum atomic E-state index is -0.453. The summed E-state index contributed by atoms with van der Waals surface area (Å²) in [5.41, 5.74) is 4.98. The zero-order valence-corrected chi connectivity index (χ0v) is 6.88. The molecule has 3 N–H and O–H groups in total. The van der Waals surface area contributed by atoms with Crippen LogP contribution >= 0.6 is 0 Å². The van der Waals surface area contributed by atoms with E-state index in [1.807, 2.05) is 0 Å². The predicted molar refractivity (Wildman–Crippen MR) is 43.3 cm³/mol. The third-order valence-electron chi connectivity index (χ3n) is 1.76. The van der Waals surface area contributed by atoms with Crippen molar-refractivity contribution in [2.24, 2.45) is 5.73 Å². The van der Waals surface area contributed by atoms with Crippen LogP contribution in [0.1, 0.15) is 6.42 Å². The largest absolute Gasteiger partial charge is 0.368 e. The van der Waals surface area contributed by atoms with Crippen LogP contribution in [-0.2, 0) is 9.59 Å². The van der Waals surface area contributed by atoms with Crippen molar-refractivity contribution in [3.05, 3.63) is 0 Å². The molecular weight excluding hydrogens is 158 g/mol. The molecule has 0 atom stereocenters. The second kappa shape index (κ2) is 4.06. The van der Waals surface area contributed by atoms with E-state index in [1.54, 1.807) is 0 Å². The first-order valence-corrected chi connectivity index (χ1v) is 3.97. The fourth-order valence-corrected chi connectivity index (χ4v) is 1.18. The van der Waals surface area contributed by atoms with Gasteiger partial charge in [-0.25, -0.2) is 0 Å². The number of carbonyl (C=O) groups is 2. The number of primary amides is 1. The molecule has 5 heteroatoms. The maximum Gasteiger partial charge on any atom is 0.237 e. The molecule has 0 bridgehead atoms. The number of carbonyl (C=O) groups excluding carboxylic acids is 2. The van der Waals surface area contributed by atoms with Crippen molar-refractivity contribution in [1.82, 2.24) is 10.2 Å². The molecule has 0 radical (unpaired) electrons. The molecule has 1 aliphatic heterocycles. The molecule has 1 saturated heterocycles. The Bertz CT molecular complexity index is 193. The Morgan fingerprint density at radius 3 is 3.08 bits per heavy atom. The predicted octanol–water partition coefficient (Wildman–Crippen LogP) is -1.71. The second-order valence-electron chi connectivity index (χ2n) is 2.81. The molecule has 0 aromatic heterocycles. The molecular formula is C7H13N3O2. The van der Waals surface area contributed by atoms with Crippen LogP contribution in [-0.4, -0.2) is 42.9 Å². The molecule has 1 fully saturated rings. The lowest BCUT2D eigenvalue weighted by Crippen LogP contribution is -2.40. The first-order valence-electron chi connectivity index (χ1n) is 3.97. The van der Waals surface area contributed by atoms with Crippen LogP contribution in [0, 0.1) is 0 Å². The van der Waals surface area contributed by atoms with Gasteiger partial charge in [0, 0.05) is 6.54 Å². The zero-order chi connectivity index (χ0) is 8.97. The quantitative estimate of drug-likeness (QED) is 0.519. The van der Waals surface area contributed by atoms with Crippen LogP contribution < -0.4 is 11.1 Å². The minimum Gasteiger partial charge on any atom is -0.368 e. The van der Waals surface area contributed by atoms with Crippen molar-refractivity contribution < 1.29 is 9.59 Å². The van der Waals surface area contributed by atoms with Crippen LogP contribution in [0.4, 0.5) is 0 Å². The lowest BCUT2D eigenvalue weighted by atomic mass is 10.4. The van der Waals surface area contributed by atoms with Gasteiger partial charge in [-0.05, 0) is 13.0 Å². The van der Waals surface area contributed by atoms with Crippen LogP contribution in [0.5, 0.6) is 0 Å². The van der Waals surface area contributed by atoms with Gasteiger partial charge < -0.3 is 16.0 Å². The smallest absolute Gasteiger partial charge is 0.237 e. The fraction of sp³-hybridized carbons (Fsp3) is 0.714. The molecule has 1 rings (SSSR count). The molecule has 5 nitrogen and oxygen atoms in total. The Balaban J connectivity index is 2.47. The number of nitrogens with one attached hydrogen (secondary N) is 1. The van der Waals surface area contributed by atoms with Crippen LogP contribution in [0.2, 0.25) is 0 Å². The number of rotatable bonds is 2. The first-order chi connectivity index (χ1) is 5.70. The Morgan fingerprint density at radius 2 is 2.42 bits per heavy atom. The van der Waals surface area contributed by atoms with Gasteiger partial charge in [0.05, 0.1) is 13.1 Å². The van der Waals surface area contributed by atoms with E-state index in [0.29, 0.717) is 13.1 Å². The summed E-state index contributed by atoms with van der Waals surface area (Å²) in [6.07, 6.45) is 0.874. The Hall–Kier alpha value is -1.10. The number of amides is 2. The topological polar surface area (TPSA) is 75.4 Å². The van der Waals surface area contributed by atoms with Crippen molar-refractivity contribution in [2.75, 3.05) is 26.2 Å². The average Bonchev–Trinajstić information content (AvgIpc) is 2.16. The van der Waals surface area contributed by atoms with E-state index in [0.717, 1.165) is 13.0 Å². The number of nitrogens with zero attached hydrogens (tertiary/aromatic N) is 1. The van der Waals surface area contributed by atoms with Gasteiger partial charge >= 0.3 is 0 Å². The third-order valence-corrected chi connectivity index (χ3v) is 1.76. The third kappa shape index (κ3) is 2.50. The summed E-state index contributed by atoms with van der Waals surface area (Å²) >= 11 is 0. The number of nitrogens with two attached hydrogens (primary N) is 1. The summed E-state index contributed by atoms with van der Waals surface area (Å²) < 4.78 is 0. The van der Waals surface area contributed by atoms with Gasteiger partial charge in [0.15, 0.2) is 0 Å². The highest BCUT2D eigenvalue weighted by atomic mass is 16.2. The second-order valence-corrected chi connectivity index (χ2v) is 2.81. The van der Waals surface area contributed by atoms with Crippen LogP contribution in [0.15, 0.2) is 0 Å². The van der Waals surface area contributed by atoms with Gasteiger partial charge in [-0.1, -0.05) is 0 Å². The molecule has 1 heterocycles. The van der Waals surface area contributed by atoms with E-state index in [9.17, 15) is 9.59 Å². The van der Waals surface area contributed by atoms with E-state index in [4.69, 9.17) is 5.73 Å². The van der Waals surface area contributed by atoms with Crippen LogP contribution in [0.25, 0.3) is 0 Å². The summed E-state index contributed by atoms with van der Waals surface area (Å²) in [5.74, 6) is -0.503. The number of hydrogen-bond acceptors (Lipinski definition) is 3. The van der Waals surface area contributed by atoms with Gasteiger partial charge in [0.2, 0.25) is 11.8 Å². The monoisotopic (exact) mass is 171 g/mol. The summed E-state index contributed by atoms with van der Waals surface area (Å²) in [4.78, 5) is 23.2. The van der Waals surface area contributed by atoms with E-state index in [-0.39, 0.29) is 12.5 Å². The fourth-order valence-electron chi connectivity index (χ4n) is 1.18. The number of hydrogen-bond donors (Lipinski definition) is 2. The van der Waals surface area contributed by atoms with Gasteiger partial charge in [-0.2, -0.15) is 0 Å². The Kier molecular flexibility index (Phi) is 3.04. The highest BCUT2D eigenvalue weighted by molar-refractivity contribution is 5.84. The highest BCUT2D eigenvalue weighted by Gasteiger charge is 2.17. The summed E-state index contributed by atoms with van der Waals surface area (Å²) in [6, 6.07) is 0. The molecule has 0 spiro atoms. The normalized spacial score (nSPS) is 19.0. The van der Waals surface area contributed by atoms with E-state index >= 15 is 0 Å². The Morgan fingerprint density at radius 1 is 1.67 bits per heavy atom. The molecule has 1 aliphatic rings. The van der Waals surface area contributed by atoms with Crippen molar-refractivity contribution in [1.29, 1.82) is 0 Å². The lowest BCUT2D eigenvalue weighted by Gasteiger charge is -2.17. The SMILES string of the molecule is NC(=O)CN1CCCNCC1=O. The van der Waals surface area contributed by atoms with Crippen molar-refractivity contribution >= 4 is 11.8 Å². The molecule has 0 saturated carbocycles.